The van der Waals surface area contributed by atoms with Crippen molar-refractivity contribution < 1.29 is 4.79 Å². The minimum atomic E-state index is -0.0481. The average molecular weight is 218 g/mol. The standard InChI is InChI=1S/C13H18N2O/c1-8-7-15-12(10(3)9(8)2)11-5-4-6-14-13(11)16/h7,11H,4-6H2,1-3H3,(H,14,16). The van der Waals surface area contributed by atoms with E-state index in [1.807, 2.05) is 6.20 Å². The van der Waals surface area contributed by atoms with Gasteiger partial charge in [-0.15, -0.1) is 0 Å². The van der Waals surface area contributed by atoms with Gasteiger partial charge in [-0.1, -0.05) is 0 Å². The summed E-state index contributed by atoms with van der Waals surface area (Å²) in [7, 11) is 0. The highest BCUT2D eigenvalue weighted by atomic mass is 16.1. The van der Waals surface area contributed by atoms with E-state index in [2.05, 4.69) is 31.1 Å². The molecule has 1 aromatic rings. The Bertz CT molecular complexity index is 426. The summed E-state index contributed by atoms with van der Waals surface area (Å²) < 4.78 is 0. The second kappa shape index (κ2) is 4.24. The number of aromatic nitrogens is 1. The first-order chi connectivity index (χ1) is 7.61. The molecule has 16 heavy (non-hydrogen) atoms. The molecular formula is C13H18N2O. The molecule has 2 heterocycles. The molecule has 1 fully saturated rings. The molecule has 1 saturated heterocycles. The first kappa shape index (κ1) is 11.1. The zero-order valence-electron chi connectivity index (χ0n) is 10.1. The van der Waals surface area contributed by atoms with Gasteiger partial charge < -0.3 is 5.32 Å². The van der Waals surface area contributed by atoms with Gasteiger partial charge in [0.1, 0.15) is 0 Å². The third-order valence-corrected chi connectivity index (χ3v) is 3.55. The van der Waals surface area contributed by atoms with Crippen molar-refractivity contribution in [3.8, 4) is 0 Å². The molecule has 3 nitrogen and oxygen atoms in total. The van der Waals surface area contributed by atoms with Crippen molar-refractivity contribution in [2.75, 3.05) is 6.54 Å². The summed E-state index contributed by atoms with van der Waals surface area (Å²) in [6.45, 7) is 7.02. The van der Waals surface area contributed by atoms with Crippen molar-refractivity contribution in [1.82, 2.24) is 10.3 Å². The van der Waals surface area contributed by atoms with E-state index < -0.39 is 0 Å². The van der Waals surface area contributed by atoms with Crippen molar-refractivity contribution in [3.05, 3.63) is 28.6 Å². The van der Waals surface area contributed by atoms with Crippen molar-refractivity contribution >= 4 is 5.91 Å². The quantitative estimate of drug-likeness (QED) is 0.783. The largest absolute Gasteiger partial charge is 0.356 e. The van der Waals surface area contributed by atoms with Gasteiger partial charge in [0.25, 0.3) is 0 Å². The van der Waals surface area contributed by atoms with Crippen molar-refractivity contribution in [2.45, 2.75) is 39.5 Å². The molecule has 3 heteroatoms. The summed E-state index contributed by atoms with van der Waals surface area (Å²) in [6.07, 6.45) is 3.84. The van der Waals surface area contributed by atoms with Gasteiger partial charge in [0.2, 0.25) is 5.91 Å². The molecule has 0 spiro atoms. The maximum absolute atomic E-state index is 11.8. The fourth-order valence-electron chi connectivity index (χ4n) is 2.23. The lowest BCUT2D eigenvalue weighted by Gasteiger charge is -2.23. The number of nitrogens with one attached hydrogen (secondary N) is 1. The maximum atomic E-state index is 11.8. The van der Waals surface area contributed by atoms with Crippen LogP contribution in [0.5, 0.6) is 0 Å². The molecule has 0 bridgehead atoms. The average Bonchev–Trinajstić information content (AvgIpc) is 2.28. The van der Waals surface area contributed by atoms with Crippen LogP contribution in [0.15, 0.2) is 6.20 Å². The first-order valence-corrected chi connectivity index (χ1v) is 5.81. The Labute approximate surface area is 96.3 Å². The van der Waals surface area contributed by atoms with Crippen LogP contribution in [0, 0.1) is 20.8 Å². The zero-order valence-corrected chi connectivity index (χ0v) is 10.1. The number of piperidine rings is 1. The summed E-state index contributed by atoms with van der Waals surface area (Å²) >= 11 is 0. The fourth-order valence-corrected chi connectivity index (χ4v) is 2.23. The predicted octanol–water partition coefficient (Wildman–Crippen LogP) is 2.00. The smallest absolute Gasteiger partial charge is 0.229 e. The highest BCUT2D eigenvalue weighted by molar-refractivity contribution is 5.84. The highest BCUT2D eigenvalue weighted by Crippen LogP contribution is 2.27. The van der Waals surface area contributed by atoms with E-state index in [1.54, 1.807) is 0 Å². The summed E-state index contributed by atoms with van der Waals surface area (Å²) in [5, 5.41) is 2.91. The third-order valence-electron chi connectivity index (χ3n) is 3.55. The molecule has 1 aromatic heterocycles. The summed E-state index contributed by atoms with van der Waals surface area (Å²) in [5.74, 6) is 0.0816. The number of hydrogen-bond donors (Lipinski definition) is 1. The van der Waals surface area contributed by atoms with Gasteiger partial charge in [-0.2, -0.15) is 0 Å². The van der Waals surface area contributed by atoms with E-state index in [9.17, 15) is 4.79 Å². The SMILES string of the molecule is Cc1cnc(C2CCCNC2=O)c(C)c1C. The molecule has 1 unspecified atom stereocenters. The summed E-state index contributed by atoms with van der Waals surface area (Å²) in [5.41, 5.74) is 4.57. The minimum absolute atomic E-state index is 0.0481. The lowest BCUT2D eigenvalue weighted by Crippen LogP contribution is -2.35. The minimum Gasteiger partial charge on any atom is -0.356 e. The molecule has 0 aromatic carbocycles. The van der Waals surface area contributed by atoms with Crippen molar-refractivity contribution in [2.24, 2.45) is 0 Å². The number of amides is 1. The lowest BCUT2D eigenvalue weighted by molar-refractivity contribution is -0.123. The molecular weight excluding hydrogens is 200 g/mol. The number of pyridine rings is 1. The maximum Gasteiger partial charge on any atom is 0.229 e. The summed E-state index contributed by atoms with van der Waals surface area (Å²) in [6, 6.07) is 0. The second-order valence-electron chi connectivity index (χ2n) is 4.56. The molecule has 1 N–H and O–H groups in total. The predicted molar refractivity (Wildman–Crippen MR) is 63.4 cm³/mol. The number of carbonyl (C=O) groups is 1. The van der Waals surface area contributed by atoms with E-state index >= 15 is 0 Å². The number of nitrogens with zero attached hydrogens (tertiary/aromatic N) is 1. The summed E-state index contributed by atoms with van der Waals surface area (Å²) in [4.78, 5) is 16.2. The Morgan fingerprint density at radius 1 is 1.31 bits per heavy atom. The van der Waals surface area contributed by atoms with E-state index in [1.165, 1.54) is 16.7 Å². The Kier molecular flexibility index (Phi) is 2.95. The van der Waals surface area contributed by atoms with Crippen LogP contribution in [0.4, 0.5) is 0 Å². The van der Waals surface area contributed by atoms with Crippen LogP contribution in [0.25, 0.3) is 0 Å². The van der Waals surface area contributed by atoms with Crippen LogP contribution in [-0.2, 0) is 4.79 Å². The Balaban J connectivity index is 2.40. The van der Waals surface area contributed by atoms with Gasteiger partial charge in [0.05, 0.1) is 11.6 Å². The van der Waals surface area contributed by atoms with Gasteiger partial charge in [-0.05, 0) is 50.3 Å². The van der Waals surface area contributed by atoms with E-state index in [-0.39, 0.29) is 11.8 Å². The molecule has 1 aliphatic heterocycles. The third kappa shape index (κ3) is 1.82. The van der Waals surface area contributed by atoms with Gasteiger partial charge in [0, 0.05) is 12.7 Å². The molecule has 0 saturated carbocycles. The van der Waals surface area contributed by atoms with Crippen LogP contribution in [0.3, 0.4) is 0 Å². The van der Waals surface area contributed by atoms with Crippen LogP contribution >= 0.6 is 0 Å². The number of rotatable bonds is 1. The lowest BCUT2D eigenvalue weighted by atomic mass is 9.90. The van der Waals surface area contributed by atoms with E-state index in [0.29, 0.717) is 0 Å². The Morgan fingerprint density at radius 3 is 2.75 bits per heavy atom. The fraction of sp³-hybridized carbons (Fsp3) is 0.538. The van der Waals surface area contributed by atoms with Gasteiger partial charge >= 0.3 is 0 Å². The topological polar surface area (TPSA) is 42.0 Å². The Hall–Kier alpha value is -1.38. The molecule has 0 radical (unpaired) electrons. The molecule has 2 rings (SSSR count). The normalized spacial score (nSPS) is 20.7. The molecule has 1 amide bonds. The molecule has 1 atom stereocenters. The van der Waals surface area contributed by atoms with E-state index in [0.717, 1.165) is 25.1 Å². The van der Waals surface area contributed by atoms with Crippen molar-refractivity contribution in [3.63, 3.8) is 0 Å². The zero-order chi connectivity index (χ0) is 11.7. The number of hydrogen-bond acceptors (Lipinski definition) is 2. The number of aryl methyl sites for hydroxylation is 1. The van der Waals surface area contributed by atoms with Crippen LogP contribution < -0.4 is 5.32 Å². The highest BCUT2D eigenvalue weighted by Gasteiger charge is 2.26. The van der Waals surface area contributed by atoms with Crippen LogP contribution in [-0.4, -0.2) is 17.4 Å². The van der Waals surface area contributed by atoms with Gasteiger partial charge in [-0.25, -0.2) is 0 Å². The molecule has 86 valence electrons. The van der Waals surface area contributed by atoms with Crippen molar-refractivity contribution in [1.29, 1.82) is 0 Å². The van der Waals surface area contributed by atoms with Crippen LogP contribution in [0.1, 0.15) is 41.1 Å². The first-order valence-electron chi connectivity index (χ1n) is 5.81. The van der Waals surface area contributed by atoms with Gasteiger partial charge in [-0.3, -0.25) is 9.78 Å². The van der Waals surface area contributed by atoms with Crippen LogP contribution in [0.2, 0.25) is 0 Å². The second-order valence-corrected chi connectivity index (χ2v) is 4.56. The molecule has 0 aliphatic carbocycles. The number of carbonyl (C=O) groups excluding carboxylic acids is 1. The van der Waals surface area contributed by atoms with Gasteiger partial charge in [0.15, 0.2) is 0 Å². The molecule has 1 aliphatic rings. The monoisotopic (exact) mass is 218 g/mol. The Morgan fingerprint density at radius 2 is 2.06 bits per heavy atom. The van der Waals surface area contributed by atoms with E-state index in [4.69, 9.17) is 0 Å².